The van der Waals surface area contributed by atoms with E-state index in [1.54, 1.807) is 7.11 Å². The molecular weight excluding hydrogens is 260 g/mol. The summed E-state index contributed by atoms with van der Waals surface area (Å²) in [6, 6.07) is 0.552. The predicted octanol–water partition coefficient (Wildman–Crippen LogP) is 2.01. The van der Waals surface area contributed by atoms with Crippen molar-refractivity contribution in [3.8, 4) is 0 Å². The van der Waals surface area contributed by atoms with Crippen LogP contribution in [0, 0.1) is 0 Å². The largest absolute Gasteiger partial charge is 0.384 e. The van der Waals surface area contributed by atoms with Crippen molar-refractivity contribution < 1.29 is 4.74 Å². The molecule has 1 aliphatic rings. The highest BCUT2D eigenvalue weighted by molar-refractivity contribution is 7.09. The van der Waals surface area contributed by atoms with Gasteiger partial charge in [0, 0.05) is 44.2 Å². The molecule has 0 aliphatic carbocycles. The molecule has 1 N–H and O–H groups in total. The van der Waals surface area contributed by atoms with E-state index < -0.39 is 0 Å². The molecule has 2 rings (SSSR count). The lowest BCUT2D eigenvalue weighted by Crippen LogP contribution is -2.39. The fourth-order valence-corrected chi connectivity index (χ4v) is 3.09. The van der Waals surface area contributed by atoms with Crippen molar-refractivity contribution in [2.75, 3.05) is 38.7 Å². The second-order valence-corrected chi connectivity index (χ2v) is 5.77. The summed E-state index contributed by atoms with van der Waals surface area (Å²) < 4.78 is 9.38. The van der Waals surface area contributed by atoms with E-state index in [1.807, 2.05) is 0 Å². The molecule has 1 aromatic rings. The first-order valence-electron chi connectivity index (χ1n) is 7.12. The fourth-order valence-electron chi connectivity index (χ4n) is 2.40. The predicted molar refractivity (Wildman–Crippen MR) is 78.9 cm³/mol. The second kappa shape index (κ2) is 7.77. The van der Waals surface area contributed by atoms with Crippen molar-refractivity contribution in [1.29, 1.82) is 0 Å². The van der Waals surface area contributed by atoms with Gasteiger partial charge in [-0.05, 0) is 25.8 Å². The molecule has 5 nitrogen and oxygen atoms in total. The van der Waals surface area contributed by atoms with E-state index in [0.29, 0.717) is 12.6 Å². The van der Waals surface area contributed by atoms with Crippen molar-refractivity contribution in [1.82, 2.24) is 14.3 Å². The van der Waals surface area contributed by atoms with E-state index >= 15 is 0 Å². The van der Waals surface area contributed by atoms with Gasteiger partial charge in [0.15, 0.2) is 0 Å². The van der Waals surface area contributed by atoms with Gasteiger partial charge < -0.3 is 15.0 Å². The van der Waals surface area contributed by atoms with Gasteiger partial charge in [-0.1, -0.05) is 6.92 Å². The van der Waals surface area contributed by atoms with E-state index in [-0.39, 0.29) is 0 Å². The Morgan fingerprint density at radius 1 is 1.42 bits per heavy atom. The zero-order chi connectivity index (χ0) is 13.5. The number of piperidine rings is 1. The van der Waals surface area contributed by atoms with Crippen LogP contribution in [-0.2, 0) is 11.2 Å². The number of likely N-dealkylation sites (tertiary alicyclic amines) is 1. The molecule has 0 bridgehead atoms. The van der Waals surface area contributed by atoms with Gasteiger partial charge in [0.25, 0.3) is 0 Å². The Morgan fingerprint density at radius 3 is 2.89 bits per heavy atom. The van der Waals surface area contributed by atoms with Crippen LogP contribution in [0.25, 0.3) is 0 Å². The molecule has 1 aromatic heterocycles. The third kappa shape index (κ3) is 4.71. The summed E-state index contributed by atoms with van der Waals surface area (Å²) in [7, 11) is 1.70. The molecule has 0 atom stereocenters. The summed E-state index contributed by atoms with van der Waals surface area (Å²) in [4.78, 5) is 7.04. The summed E-state index contributed by atoms with van der Waals surface area (Å²) in [5, 5.41) is 4.48. The topological polar surface area (TPSA) is 50.3 Å². The molecule has 1 saturated heterocycles. The highest BCUT2D eigenvalue weighted by Crippen LogP contribution is 2.18. The molecule has 0 saturated carbocycles. The van der Waals surface area contributed by atoms with Gasteiger partial charge in [0.1, 0.15) is 5.82 Å². The first-order chi connectivity index (χ1) is 9.31. The normalized spacial score (nSPS) is 17.8. The monoisotopic (exact) mass is 284 g/mol. The van der Waals surface area contributed by atoms with E-state index in [0.717, 1.165) is 17.4 Å². The van der Waals surface area contributed by atoms with Crippen LogP contribution in [0.5, 0.6) is 0 Å². The lowest BCUT2D eigenvalue weighted by molar-refractivity contribution is 0.201. The van der Waals surface area contributed by atoms with Gasteiger partial charge >= 0.3 is 0 Å². The maximum Gasteiger partial charge on any atom is 0.202 e. The second-order valence-electron chi connectivity index (χ2n) is 5.02. The number of aromatic nitrogens is 2. The van der Waals surface area contributed by atoms with Crippen LogP contribution in [0.15, 0.2) is 0 Å². The Hall–Kier alpha value is -0.720. The van der Waals surface area contributed by atoms with E-state index in [9.17, 15) is 0 Å². The molecule has 0 unspecified atom stereocenters. The molecule has 2 heterocycles. The number of ether oxygens (including phenoxy) is 1. The van der Waals surface area contributed by atoms with Gasteiger partial charge in [0.05, 0.1) is 6.61 Å². The number of nitrogens with one attached hydrogen (secondary N) is 1. The first kappa shape index (κ1) is 14.7. The van der Waals surface area contributed by atoms with E-state index in [1.165, 1.54) is 50.4 Å². The lowest BCUT2D eigenvalue weighted by atomic mass is 10.1. The van der Waals surface area contributed by atoms with Gasteiger partial charge in [-0.3, -0.25) is 0 Å². The molecule has 1 aliphatic heterocycles. The van der Waals surface area contributed by atoms with Crippen LogP contribution in [0.1, 0.15) is 32.0 Å². The molecular formula is C13H24N4OS. The number of methoxy groups -OCH3 is 1. The minimum Gasteiger partial charge on any atom is -0.384 e. The summed E-state index contributed by atoms with van der Waals surface area (Å²) in [6.45, 7) is 6.55. The Labute approximate surface area is 119 Å². The fraction of sp³-hybridized carbons (Fsp3) is 0.846. The number of rotatable bonds is 7. The summed E-state index contributed by atoms with van der Waals surface area (Å²) in [5.74, 6) is 0.887. The zero-order valence-corrected chi connectivity index (χ0v) is 12.7. The van der Waals surface area contributed by atoms with Gasteiger partial charge in [-0.2, -0.15) is 4.37 Å². The molecule has 19 heavy (non-hydrogen) atoms. The third-order valence-electron chi connectivity index (χ3n) is 3.45. The average Bonchev–Trinajstić information content (AvgIpc) is 2.87. The van der Waals surface area contributed by atoms with Crippen LogP contribution in [0.3, 0.4) is 0 Å². The van der Waals surface area contributed by atoms with Crippen molar-refractivity contribution >= 4 is 16.7 Å². The first-order valence-corrected chi connectivity index (χ1v) is 7.89. The Balaban J connectivity index is 1.74. The van der Waals surface area contributed by atoms with Crippen LogP contribution in [0.2, 0.25) is 0 Å². The Bertz CT molecular complexity index is 363. The Morgan fingerprint density at radius 2 is 2.21 bits per heavy atom. The highest BCUT2D eigenvalue weighted by Gasteiger charge is 2.19. The minimum absolute atomic E-state index is 0.552. The highest BCUT2D eigenvalue weighted by atomic mass is 32.1. The van der Waals surface area contributed by atoms with Crippen molar-refractivity contribution in [2.45, 2.75) is 38.6 Å². The molecule has 108 valence electrons. The number of hydrogen-bond donors (Lipinski definition) is 1. The quantitative estimate of drug-likeness (QED) is 0.830. The minimum atomic E-state index is 0.552. The standard InChI is InChI=1S/C13H24N4OS/c1-3-7-17-8-4-11(5-9-17)14-13-15-12(16-19-13)6-10-18-2/h11H,3-10H2,1-2H3,(H,14,15,16). The number of anilines is 1. The Kier molecular flexibility index (Phi) is 6.00. The smallest absolute Gasteiger partial charge is 0.202 e. The van der Waals surface area contributed by atoms with Crippen molar-refractivity contribution in [3.05, 3.63) is 5.82 Å². The molecule has 0 spiro atoms. The molecule has 6 heteroatoms. The van der Waals surface area contributed by atoms with Crippen molar-refractivity contribution in [2.24, 2.45) is 0 Å². The zero-order valence-electron chi connectivity index (χ0n) is 11.9. The van der Waals surface area contributed by atoms with E-state index in [4.69, 9.17) is 4.74 Å². The van der Waals surface area contributed by atoms with Crippen LogP contribution < -0.4 is 5.32 Å². The summed E-state index contributed by atoms with van der Waals surface area (Å²) >= 11 is 1.46. The summed E-state index contributed by atoms with van der Waals surface area (Å²) in [5.41, 5.74) is 0. The van der Waals surface area contributed by atoms with Crippen LogP contribution in [0.4, 0.5) is 5.13 Å². The molecule has 1 fully saturated rings. The average molecular weight is 284 g/mol. The summed E-state index contributed by atoms with van der Waals surface area (Å²) in [6.07, 6.45) is 4.45. The SMILES string of the molecule is CCCN1CCC(Nc2nc(CCOC)ns2)CC1. The van der Waals surface area contributed by atoms with Crippen molar-refractivity contribution in [3.63, 3.8) is 0 Å². The van der Waals surface area contributed by atoms with Crippen LogP contribution in [-0.4, -0.2) is 53.7 Å². The van der Waals surface area contributed by atoms with Gasteiger partial charge in [0.2, 0.25) is 5.13 Å². The lowest BCUT2D eigenvalue weighted by Gasteiger charge is -2.31. The maximum atomic E-state index is 5.04. The number of nitrogens with zero attached hydrogens (tertiary/aromatic N) is 3. The molecule has 0 amide bonds. The number of hydrogen-bond acceptors (Lipinski definition) is 6. The molecule has 0 radical (unpaired) electrons. The van der Waals surface area contributed by atoms with E-state index in [2.05, 4.69) is 26.5 Å². The molecule has 0 aromatic carbocycles. The van der Waals surface area contributed by atoms with Gasteiger partial charge in [-0.25, -0.2) is 4.98 Å². The van der Waals surface area contributed by atoms with Crippen LogP contribution >= 0.6 is 11.5 Å². The third-order valence-corrected chi connectivity index (χ3v) is 4.14. The maximum absolute atomic E-state index is 5.04. The van der Waals surface area contributed by atoms with Gasteiger partial charge in [-0.15, -0.1) is 0 Å².